The second kappa shape index (κ2) is 4.05. The Hall–Kier alpha value is -1.70. The fourth-order valence-electron chi connectivity index (χ4n) is 1.53. The van der Waals surface area contributed by atoms with Gasteiger partial charge in [-0.2, -0.15) is 0 Å². The van der Waals surface area contributed by atoms with Crippen LogP contribution >= 0.6 is 0 Å². The van der Waals surface area contributed by atoms with Crippen LogP contribution in [-0.4, -0.2) is 9.97 Å². The molecule has 2 aromatic rings. The van der Waals surface area contributed by atoms with Crippen LogP contribution in [0.5, 0.6) is 0 Å². The third-order valence-electron chi connectivity index (χ3n) is 2.61. The molecule has 0 radical (unpaired) electrons. The van der Waals surface area contributed by atoms with Crippen LogP contribution in [0.15, 0.2) is 42.9 Å². The summed E-state index contributed by atoms with van der Waals surface area (Å²) in [5.74, 6) is 0. The highest BCUT2D eigenvalue weighted by Gasteiger charge is 2.13. The van der Waals surface area contributed by atoms with E-state index < -0.39 is 0 Å². The maximum Gasteiger partial charge on any atom is 0.0703 e. The first-order chi connectivity index (χ1) is 7.57. The molecule has 2 heteroatoms. The van der Waals surface area contributed by atoms with Crippen molar-refractivity contribution >= 4 is 0 Å². The van der Waals surface area contributed by atoms with E-state index in [4.69, 9.17) is 0 Å². The van der Waals surface area contributed by atoms with Crippen LogP contribution in [-0.2, 0) is 5.41 Å². The fourth-order valence-corrected chi connectivity index (χ4v) is 1.53. The highest BCUT2D eigenvalue weighted by molar-refractivity contribution is 5.58. The number of pyridine rings is 2. The molecule has 0 aliphatic carbocycles. The largest absolute Gasteiger partial charge is 0.265 e. The topological polar surface area (TPSA) is 25.8 Å². The Morgan fingerprint density at radius 3 is 2.12 bits per heavy atom. The molecule has 0 amide bonds. The van der Waals surface area contributed by atoms with Crippen molar-refractivity contribution in [2.24, 2.45) is 0 Å². The lowest BCUT2D eigenvalue weighted by Gasteiger charge is -2.18. The van der Waals surface area contributed by atoms with Crippen molar-refractivity contribution in [3.8, 4) is 11.3 Å². The van der Waals surface area contributed by atoms with E-state index in [0.717, 1.165) is 11.3 Å². The van der Waals surface area contributed by atoms with Gasteiger partial charge in [-0.3, -0.25) is 9.97 Å². The summed E-state index contributed by atoms with van der Waals surface area (Å²) >= 11 is 0. The van der Waals surface area contributed by atoms with Gasteiger partial charge in [0.15, 0.2) is 0 Å². The zero-order valence-corrected chi connectivity index (χ0v) is 9.94. The van der Waals surface area contributed by atoms with Crippen molar-refractivity contribution in [2.45, 2.75) is 26.2 Å². The molecule has 0 N–H and O–H groups in total. The van der Waals surface area contributed by atoms with Crippen molar-refractivity contribution in [3.63, 3.8) is 0 Å². The van der Waals surface area contributed by atoms with Gasteiger partial charge in [0.05, 0.1) is 5.69 Å². The molecular formula is C14H16N2. The second-order valence-electron chi connectivity index (χ2n) is 4.92. The standard InChI is InChI=1S/C14H16N2/c1-14(2,3)12-4-5-13(16-10-12)11-6-8-15-9-7-11/h4-10H,1-3H3. The Balaban J connectivity index is 2.34. The maximum absolute atomic E-state index is 4.49. The summed E-state index contributed by atoms with van der Waals surface area (Å²) in [7, 11) is 0. The van der Waals surface area contributed by atoms with E-state index in [2.05, 4.69) is 42.9 Å². The molecule has 0 fully saturated rings. The highest BCUT2D eigenvalue weighted by Crippen LogP contribution is 2.23. The van der Waals surface area contributed by atoms with Gasteiger partial charge in [0.25, 0.3) is 0 Å². The molecule has 2 heterocycles. The van der Waals surface area contributed by atoms with Crippen LogP contribution in [0.2, 0.25) is 0 Å². The molecular weight excluding hydrogens is 196 g/mol. The summed E-state index contributed by atoms with van der Waals surface area (Å²) in [6, 6.07) is 8.15. The lowest BCUT2D eigenvalue weighted by atomic mass is 9.88. The van der Waals surface area contributed by atoms with E-state index >= 15 is 0 Å². The van der Waals surface area contributed by atoms with Gasteiger partial charge >= 0.3 is 0 Å². The predicted octanol–water partition coefficient (Wildman–Crippen LogP) is 3.44. The summed E-state index contributed by atoms with van der Waals surface area (Å²) in [5.41, 5.74) is 3.51. The number of aromatic nitrogens is 2. The summed E-state index contributed by atoms with van der Waals surface area (Å²) in [6.45, 7) is 6.57. The zero-order valence-electron chi connectivity index (χ0n) is 9.94. The Kier molecular flexibility index (Phi) is 2.73. The van der Waals surface area contributed by atoms with Gasteiger partial charge in [0, 0.05) is 24.2 Å². The second-order valence-corrected chi connectivity index (χ2v) is 4.92. The molecule has 0 unspecified atom stereocenters. The average Bonchev–Trinajstić information content (AvgIpc) is 2.29. The Morgan fingerprint density at radius 2 is 1.62 bits per heavy atom. The maximum atomic E-state index is 4.49. The quantitative estimate of drug-likeness (QED) is 0.723. The van der Waals surface area contributed by atoms with E-state index in [9.17, 15) is 0 Å². The smallest absolute Gasteiger partial charge is 0.0703 e. The van der Waals surface area contributed by atoms with E-state index in [1.807, 2.05) is 18.3 Å². The van der Waals surface area contributed by atoms with Gasteiger partial charge in [0.2, 0.25) is 0 Å². The molecule has 2 nitrogen and oxygen atoms in total. The SMILES string of the molecule is CC(C)(C)c1ccc(-c2ccncc2)nc1. The van der Waals surface area contributed by atoms with Gasteiger partial charge in [-0.25, -0.2) is 0 Å². The van der Waals surface area contributed by atoms with Crippen molar-refractivity contribution in [1.29, 1.82) is 0 Å². The summed E-state index contributed by atoms with van der Waals surface area (Å²) in [4.78, 5) is 8.49. The summed E-state index contributed by atoms with van der Waals surface area (Å²) in [5, 5.41) is 0. The van der Waals surface area contributed by atoms with E-state index in [-0.39, 0.29) is 5.41 Å². The number of rotatable bonds is 1. The van der Waals surface area contributed by atoms with E-state index in [1.165, 1.54) is 5.56 Å². The molecule has 82 valence electrons. The van der Waals surface area contributed by atoms with Crippen molar-refractivity contribution < 1.29 is 0 Å². The van der Waals surface area contributed by atoms with Crippen LogP contribution in [0.1, 0.15) is 26.3 Å². The molecule has 0 saturated heterocycles. The minimum Gasteiger partial charge on any atom is -0.265 e. The van der Waals surface area contributed by atoms with Gasteiger partial charge < -0.3 is 0 Å². The average molecular weight is 212 g/mol. The number of hydrogen-bond acceptors (Lipinski definition) is 2. The van der Waals surface area contributed by atoms with Crippen LogP contribution in [0.25, 0.3) is 11.3 Å². The van der Waals surface area contributed by atoms with E-state index in [1.54, 1.807) is 12.4 Å². The van der Waals surface area contributed by atoms with Gasteiger partial charge in [-0.1, -0.05) is 26.8 Å². The van der Waals surface area contributed by atoms with Crippen LogP contribution in [0.4, 0.5) is 0 Å². The molecule has 0 aliphatic heterocycles. The zero-order chi connectivity index (χ0) is 11.6. The molecule has 0 bridgehead atoms. The first kappa shape index (κ1) is 10.8. The Morgan fingerprint density at radius 1 is 0.938 bits per heavy atom. The molecule has 0 aromatic carbocycles. The molecule has 0 aliphatic rings. The minimum absolute atomic E-state index is 0.157. The lowest BCUT2D eigenvalue weighted by Crippen LogP contribution is -2.11. The van der Waals surface area contributed by atoms with Crippen molar-refractivity contribution in [1.82, 2.24) is 9.97 Å². The number of hydrogen-bond donors (Lipinski definition) is 0. The number of nitrogens with zero attached hydrogens (tertiary/aromatic N) is 2. The molecule has 0 saturated carbocycles. The van der Waals surface area contributed by atoms with E-state index in [0.29, 0.717) is 0 Å². The first-order valence-electron chi connectivity index (χ1n) is 5.44. The first-order valence-corrected chi connectivity index (χ1v) is 5.44. The molecule has 2 aromatic heterocycles. The fraction of sp³-hybridized carbons (Fsp3) is 0.286. The lowest BCUT2D eigenvalue weighted by molar-refractivity contribution is 0.587. The predicted molar refractivity (Wildman–Crippen MR) is 66.2 cm³/mol. The third kappa shape index (κ3) is 2.27. The van der Waals surface area contributed by atoms with Crippen LogP contribution in [0.3, 0.4) is 0 Å². The van der Waals surface area contributed by atoms with Gasteiger partial charge in [0.1, 0.15) is 0 Å². The monoisotopic (exact) mass is 212 g/mol. The molecule has 0 spiro atoms. The van der Waals surface area contributed by atoms with Crippen LogP contribution < -0.4 is 0 Å². The van der Waals surface area contributed by atoms with Crippen molar-refractivity contribution in [3.05, 3.63) is 48.4 Å². The molecule has 16 heavy (non-hydrogen) atoms. The van der Waals surface area contributed by atoms with Gasteiger partial charge in [-0.05, 0) is 29.2 Å². The minimum atomic E-state index is 0.157. The molecule has 0 atom stereocenters. The summed E-state index contributed by atoms with van der Waals surface area (Å²) < 4.78 is 0. The Bertz CT molecular complexity index is 452. The van der Waals surface area contributed by atoms with Crippen LogP contribution in [0, 0.1) is 0 Å². The van der Waals surface area contributed by atoms with Gasteiger partial charge in [-0.15, -0.1) is 0 Å². The Labute approximate surface area is 96.4 Å². The molecule has 2 rings (SSSR count). The normalized spacial score (nSPS) is 11.4. The summed E-state index contributed by atoms with van der Waals surface area (Å²) in [6.07, 6.45) is 5.53. The highest BCUT2D eigenvalue weighted by atomic mass is 14.7. The third-order valence-corrected chi connectivity index (χ3v) is 2.61. The van der Waals surface area contributed by atoms with Crippen molar-refractivity contribution in [2.75, 3.05) is 0 Å².